The molecule has 0 bridgehead atoms. The third kappa shape index (κ3) is 23.3. The lowest BCUT2D eigenvalue weighted by molar-refractivity contribution is -0.0471. The van der Waals surface area contributed by atoms with Crippen molar-refractivity contribution in [3.05, 3.63) is 0 Å². The molecule has 10 nitrogen and oxygen atoms in total. The largest absolute Gasteiger partial charge is 0.377 e. The molecule has 0 aromatic heterocycles. The summed E-state index contributed by atoms with van der Waals surface area (Å²) in [5.41, 5.74) is 0. The Hall–Kier alpha value is -0.860. The molecule has 0 atom stereocenters. The van der Waals surface area contributed by atoms with E-state index in [2.05, 4.69) is 21.3 Å². The first-order valence-corrected chi connectivity index (χ1v) is 10.4. The number of ether oxygens (including phenoxy) is 6. The van der Waals surface area contributed by atoms with Crippen molar-refractivity contribution in [1.29, 1.82) is 0 Å². The SMILES string of the molecule is CCOCOCCNC(=S)NCCOCCOCCNC(=S)NCCOCOC. The average Bonchev–Trinajstić information content (AvgIpc) is 2.71. The van der Waals surface area contributed by atoms with Crippen molar-refractivity contribution in [2.24, 2.45) is 0 Å². The second-order valence-corrected chi connectivity index (χ2v) is 6.24. The predicted octanol–water partition coefficient (Wildman–Crippen LogP) is -0.421. The van der Waals surface area contributed by atoms with Gasteiger partial charge in [0.25, 0.3) is 0 Å². The lowest BCUT2D eigenvalue weighted by atomic mass is 10.6. The van der Waals surface area contributed by atoms with Crippen LogP contribution in [0.2, 0.25) is 0 Å². The maximum absolute atomic E-state index is 5.47. The molecule has 0 aliphatic heterocycles. The van der Waals surface area contributed by atoms with Gasteiger partial charge in [-0.05, 0) is 31.4 Å². The summed E-state index contributed by atoms with van der Waals surface area (Å²) >= 11 is 10.3. The van der Waals surface area contributed by atoms with Gasteiger partial charge in [-0.15, -0.1) is 0 Å². The molecule has 0 aliphatic carbocycles. The van der Waals surface area contributed by atoms with Crippen molar-refractivity contribution in [3.8, 4) is 0 Å². The van der Waals surface area contributed by atoms with Crippen LogP contribution in [0.25, 0.3) is 0 Å². The Bertz CT molecular complexity index is 397. The molecule has 0 saturated carbocycles. The number of thiocarbonyl (C=S) groups is 2. The number of methoxy groups -OCH3 is 1. The van der Waals surface area contributed by atoms with Gasteiger partial charge in [0.2, 0.25) is 0 Å². The van der Waals surface area contributed by atoms with Crippen molar-refractivity contribution in [1.82, 2.24) is 21.3 Å². The Balaban J connectivity index is 3.23. The minimum absolute atomic E-state index is 0.280. The smallest absolute Gasteiger partial charge is 0.166 e. The molecule has 0 radical (unpaired) electrons. The van der Waals surface area contributed by atoms with Crippen LogP contribution in [0.15, 0.2) is 0 Å². The van der Waals surface area contributed by atoms with E-state index in [-0.39, 0.29) is 6.79 Å². The van der Waals surface area contributed by atoms with E-state index < -0.39 is 0 Å². The number of rotatable bonds is 20. The monoisotopic (exact) mass is 456 g/mol. The molecule has 0 rings (SSSR count). The average molecular weight is 457 g/mol. The fourth-order valence-electron chi connectivity index (χ4n) is 1.74. The van der Waals surface area contributed by atoms with Gasteiger partial charge in [0.1, 0.15) is 13.6 Å². The minimum atomic E-state index is 0.280. The Morgan fingerprint density at radius 3 is 1.41 bits per heavy atom. The van der Waals surface area contributed by atoms with Crippen LogP contribution in [0.4, 0.5) is 0 Å². The Morgan fingerprint density at radius 1 is 0.586 bits per heavy atom. The topological polar surface area (TPSA) is 104 Å². The number of hydrogen-bond donors (Lipinski definition) is 4. The Labute approximate surface area is 184 Å². The van der Waals surface area contributed by atoms with Crippen LogP contribution >= 0.6 is 24.4 Å². The summed E-state index contributed by atoms with van der Waals surface area (Å²) in [7, 11) is 1.58. The molecule has 0 unspecified atom stereocenters. The van der Waals surface area contributed by atoms with Gasteiger partial charge < -0.3 is 49.7 Å². The second-order valence-electron chi connectivity index (χ2n) is 5.42. The summed E-state index contributed by atoms with van der Waals surface area (Å²) in [6.45, 7) is 8.85. The highest BCUT2D eigenvalue weighted by molar-refractivity contribution is 7.80. The molecule has 0 aromatic rings. The molecular formula is C17H36N4O6S2. The minimum Gasteiger partial charge on any atom is -0.377 e. The lowest BCUT2D eigenvalue weighted by Gasteiger charge is -2.12. The van der Waals surface area contributed by atoms with Crippen molar-refractivity contribution in [2.75, 3.05) is 93.1 Å². The Morgan fingerprint density at radius 2 is 1.00 bits per heavy atom. The van der Waals surface area contributed by atoms with Crippen LogP contribution in [0.5, 0.6) is 0 Å². The van der Waals surface area contributed by atoms with E-state index in [9.17, 15) is 0 Å². The highest BCUT2D eigenvalue weighted by Crippen LogP contribution is 1.80. The zero-order valence-corrected chi connectivity index (χ0v) is 19.1. The fraction of sp³-hybridized carbons (Fsp3) is 0.882. The number of nitrogens with one attached hydrogen (secondary N) is 4. The highest BCUT2D eigenvalue weighted by Gasteiger charge is 1.97. The second kappa shape index (κ2) is 23.4. The lowest BCUT2D eigenvalue weighted by Crippen LogP contribution is -2.39. The van der Waals surface area contributed by atoms with Gasteiger partial charge >= 0.3 is 0 Å². The summed E-state index contributed by atoms with van der Waals surface area (Å²) in [6, 6.07) is 0. The maximum Gasteiger partial charge on any atom is 0.166 e. The van der Waals surface area contributed by atoms with E-state index in [1.54, 1.807) is 7.11 Å². The van der Waals surface area contributed by atoms with Crippen molar-refractivity contribution in [2.45, 2.75) is 6.92 Å². The zero-order valence-electron chi connectivity index (χ0n) is 17.5. The van der Waals surface area contributed by atoms with E-state index in [4.69, 9.17) is 52.9 Å². The molecule has 0 aromatic carbocycles. The summed E-state index contributed by atoms with van der Waals surface area (Å²) in [6.07, 6.45) is 0. The molecule has 0 saturated heterocycles. The van der Waals surface area contributed by atoms with Crippen LogP contribution in [0.1, 0.15) is 6.92 Å². The quantitative estimate of drug-likeness (QED) is 0.109. The van der Waals surface area contributed by atoms with Gasteiger partial charge in [-0.25, -0.2) is 0 Å². The van der Waals surface area contributed by atoms with Gasteiger partial charge in [-0.3, -0.25) is 0 Å². The zero-order chi connectivity index (χ0) is 21.4. The summed E-state index contributed by atoms with van der Waals surface area (Å²) in [4.78, 5) is 0. The van der Waals surface area contributed by atoms with Crippen molar-refractivity contribution >= 4 is 34.7 Å². The van der Waals surface area contributed by atoms with Crippen LogP contribution in [-0.4, -0.2) is 103 Å². The first-order chi connectivity index (χ1) is 14.2. The van der Waals surface area contributed by atoms with E-state index in [0.29, 0.717) is 89.4 Å². The van der Waals surface area contributed by atoms with Gasteiger partial charge in [0.05, 0.1) is 39.6 Å². The number of hydrogen-bond acceptors (Lipinski definition) is 8. The van der Waals surface area contributed by atoms with Crippen molar-refractivity contribution in [3.63, 3.8) is 0 Å². The first-order valence-electron chi connectivity index (χ1n) is 9.61. The summed E-state index contributed by atoms with van der Waals surface area (Å²) in [5.74, 6) is 0. The standard InChI is InChI=1S/C17H36N4O6S2/c1-3-23-15-27-11-7-21-17(29)19-5-9-25-13-12-24-8-4-18-16(28)20-6-10-26-14-22-2/h3-15H2,1-2H3,(H2,18,20,28)(H2,19,21,29). The van der Waals surface area contributed by atoms with Gasteiger partial charge in [0.15, 0.2) is 10.2 Å². The summed E-state index contributed by atoms with van der Waals surface area (Å²) < 4.78 is 31.1. The normalized spacial score (nSPS) is 10.6. The van der Waals surface area contributed by atoms with Crippen LogP contribution in [-0.2, 0) is 28.4 Å². The third-order valence-corrected chi connectivity index (χ3v) is 3.65. The molecule has 0 amide bonds. The van der Waals surface area contributed by atoms with E-state index >= 15 is 0 Å². The van der Waals surface area contributed by atoms with Gasteiger partial charge in [0, 0.05) is 39.9 Å². The van der Waals surface area contributed by atoms with Gasteiger partial charge in [-0.1, -0.05) is 0 Å². The predicted molar refractivity (Wildman–Crippen MR) is 119 cm³/mol. The van der Waals surface area contributed by atoms with Crippen LogP contribution < -0.4 is 21.3 Å². The first kappa shape index (κ1) is 28.1. The summed E-state index contributed by atoms with van der Waals surface area (Å²) in [5, 5.41) is 13.3. The fourth-order valence-corrected chi connectivity index (χ4v) is 2.15. The molecule has 4 N–H and O–H groups in total. The highest BCUT2D eigenvalue weighted by atomic mass is 32.1. The third-order valence-electron chi connectivity index (χ3n) is 3.07. The molecule has 29 heavy (non-hydrogen) atoms. The molecule has 0 heterocycles. The van der Waals surface area contributed by atoms with E-state index in [1.807, 2.05) is 6.92 Å². The maximum atomic E-state index is 5.47. The molecule has 0 fully saturated rings. The molecule has 12 heteroatoms. The molecule has 0 spiro atoms. The molecular weight excluding hydrogens is 420 g/mol. The molecule has 172 valence electrons. The van der Waals surface area contributed by atoms with E-state index in [0.717, 1.165) is 0 Å². The Kier molecular flexibility index (Phi) is 22.7. The van der Waals surface area contributed by atoms with E-state index in [1.165, 1.54) is 0 Å². The van der Waals surface area contributed by atoms with Crippen LogP contribution in [0, 0.1) is 0 Å². The molecule has 0 aliphatic rings. The van der Waals surface area contributed by atoms with Gasteiger partial charge in [-0.2, -0.15) is 0 Å². The van der Waals surface area contributed by atoms with Crippen LogP contribution in [0.3, 0.4) is 0 Å². The van der Waals surface area contributed by atoms with Crippen molar-refractivity contribution < 1.29 is 28.4 Å².